The van der Waals surface area contributed by atoms with Crippen LogP contribution in [-0.4, -0.2) is 40.4 Å². The van der Waals surface area contributed by atoms with Gasteiger partial charge in [0.25, 0.3) is 5.91 Å². The van der Waals surface area contributed by atoms with Gasteiger partial charge in [0.2, 0.25) is 5.91 Å². The van der Waals surface area contributed by atoms with E-state index in [9.17, 15) is 14.7 Å². The Bertz CT molecular complexity index is 670. The third kappa shape index (κ3) is 2.17. The first kappa shape index (κ1) is 14.6. The molecule has 3 rings (SSSR count). The highest BCUT2D eigenvalue weighted by Crippen LogP contribution is 2.39. The summed E-state index contributed by atoms with van der Waals surface area (Å²) in [6.07, 6.45) is 1.08. The standard InChI is InChI=1S/C17H20N2O3/c1-11-5-3-4-6-13(11)14-15(21)17(18-16(14)22)7-9-19(10-8-17)12(2)20/h3-6,21H,7-10H2,1-2H3,(H,18,22). The lowest BCUT2D eigenvalue weighted by Gasteiger charge is -2.38. The molecule has 2 heterocycles. The highest BCUT2D eigenvalue weighted by Gasteiger charge is 2.48. The molecule has 22 heavy (non-hydrogen) atoms. The zero-order valence-electron chi connectivity index (χ0n) is 12.8. The summed E-state index contributed by atoms with van der Waals surface area (Å²) in [6.45, 7) is 4.55. The molecule has 0 atom stereocenters. The van der Waals surface area contributed by atoms with Crippen LogP contribution in [-0.2, 0) is 9.59 Å². The number of rotatable bonds is 1. The van der Waals surface area contributed by atoms with Gasteiger partial charge in [0, 0.05) is 20.0 Å². The van der Waals surface area contributed by atoms with Gasteiger partial charge in [0.05, 0.1) is 5.57 Å². The van der Waals surface area contributed by atoms with Crippen molar-refractivity contribution in [2.45, 2.75) is 32.2 Å². The van der Waals surface area contributed by atoms with Crippen molar-refractivity contribution in [2.24, 2.45) is 0 Å². The topological polar surface area (TPSA) is 69.6 Å². The van der Waals surface area contributed by atoms with Crippen LogP contribution in [0.3, 0.4) is 0 Å². The van der Waals surface area contributed by atoms with Crippen LogP contribution < -0.4 is 5.32 Å². The molecule has 1 spiro atoms. The van der Waals surface area contributed by atoms with Gasteiger partial charge in [-0.15, -0.1) is 0 Å². The molecule has 0 unspecified atom stereocenters. The summed E-state index contributed by atoms with van der Waals surface area (Å²) in [7, 11) is 0. The van der Waals surface area contributed by atoms with Crippen molar-refractivity contribution in [3.63, 3.8) is 0 Å². The normalized spacial score (nSPS) is 20.5. The maximum atomic E-state index is 12.4. The number of carbonyl (C=O) groups excluding carboxylic acids is 2. The minimum atomic E-state index is -0.722. The third-order valence-corrected chi connectivity index (χ3v) is 4.75. The molecule has 2 amide bonds. The average molecular weight is 300 g/mol. The molecule has 1 aromatic carbocycles. The highest BCUT2D eigenvalue weighted by molar-refractivity contribution is 6.23. The second kappa shape index (κ2) is 5.16. The molecule has 1 aromatic rings. The molecule has 1 fully saturated rings. The van der Waals surface area contributed by atoms with Crippen molar-refractivity contribution in [1.29, 1.82) is 0 Å². The number of aliphatic hydroxyl groups is 1. The molecule has 0 saturated carbocycles. The Balaban J connectivity index is 1.96. The molecular formula is C17H20N2O3. The first-order chi connectivity index (χ1) is 10.4. The van der Waals surface area contributed by atoms with Gasteiger partial charge < -0.3 is 15.3 Å². The summed E-state index contributed by atoms with van der Waals surface area (Å²) >= 11 is 0. The van der Waals surface area contributed by atoms with E-state index in [4.69, 9.17) is 0 Å². The maximum Gasteiger partial charge on any atom is 0.256 e. The number of likely N-dealkylation sites (tertiary alicyclic amines) is 1. The Labute approximate surface area is 129 Å². The number of carbonyl (C=O) groups is 2. The lowest BCUT2D eigenvalue weighted by Crippen LogP contribution is -2.53. The molecule has 0 bridgehead atoms. The summed E-state index contributed by atoms with van der Waals surface area (Å²) in [5, 5.41) is 13.7. The van der Waals surface area contributed by atoms with Crippen molar-refractivity contribution in [3.8, 4) is 0 Å². The number of aliphatic hydroxyl groups excluding tert-OH is 1. The predicted octanol–water partition coefficient (Wildman–Crippen LogP) is 1.78. The highest BCUT2D eigenvalue weighted by atomic mass is 16.3. The van der Waals surface area contributed by atoms with Crippen LogP contribution in [0.25, 0.3) is 5.57 Å². The van der Waals surface area contributed by atoms with Crippen LogP contribution in [0.2, 0.25) is 0 Å². The first-order valence-corrected chi connectivity index (χ1v) is 7.52. The molecule has 116 valence electrons. The van der Waals surface area contributed by atoms with E-state index in [1.165, 1.54) is 0 Å². The number of benzene rings is 1. The van der Waals surface area contributed by atoms with E-state index in [1.54, 1.807) is 11.8 Å². The number of hydrogen-bond acceptors (Lipinski definition) is 3. The summed E-state index contributed by atoms with van der Waals surface area (Å²) in [5.41, 5.74) is 1.37. The van der Waals surface area contributed by atoms with Crippen LogP contribution in [0.4, 0.5) is 0 Å². The lowest BCUT2D eigenvalue weighted by molar-refractivity contribution is -0.130. The quantitative estimate of drug-likeness (QED) is 0.830. The van der Waals surface area contributed by atoms with Crippen molar-refractivity contribution in [1.82, 2.24) is 10.2 Å². The number of nitrogens with one attached hydrogen (secondary N) is 1. The third-order valence-electron chi connectivity index (χ3n) is 4.75. The Hall–Kier alpha value is -2.30. The van der Waals surface area contributed by atoms with Crippen molar-refractivity contribution >= 4 is 17.4 Å². The average Bonchev–Trinajstić information content (AvgIpc) is 2.72. The molecular weight excluding hydrogens is 280 g/mol. The Morgan fingerprint density at radius 3 is 2.50 bits per heavy atom. The van der Waals surface area contributed by atoms with Crippen molar-refractivity contribution in [3.05, 3.63) is 41.2 Å². The van der Waals surface area contributed by atoms with Gasteiger partial charge >= 0.3 is 0 Å². The van der Waals surface area contributed by atoms with E-state index < -0.39 is 5.54 Å². The smallest absolute Gasteiger partial charge is 0.256 e. The molecule has 5 nitrogen and oxygen atoms in total. The molecule has 0 aromatic heterocycles. The minimum Gasteiger partial charge on any atom is -0.509 e. The Morgan fingerprint density at radius 1 is 1.27 bits per heavy atom. The number of piperidine rings is 1. The van der Waals surface area contributed by atoms with Gasteiger partial charge in [0.1, 0.15) is 11.3 Å². The van der Waals surface area contributed by atoms with Crippen molar-refractivity contribution < 1.29 is 14.7 Å². The fraction of sp³-hybridized carbons (Fsp3) is 0.412. The zero-order chi connectivity index (χ0) is 15.9. The molecule has 5 heteroatoms. The SMILES string of the molecule is CC(=O)N1CCC2(CC1)NC(=O)C(c1ccccc1C)=C2O. The summed E-state index contributed by atoms with van der Waals surface area (Å²) in [5.74, 6) is -0.0835. The fourth-order valence-electron chi connectivity index (χ4n) is 3.35. The second-order valence-electron chi connectivity index (χ2n) is 6.08. The van der Waals surface area contributed by atoms with Crippen LogP contribution in [0.15, 0.2) is 30.0 Å². The number of amides is 2. The fourth-order valence-corrected chi connectivity index (χ4v) is 3.35. The van der Waals surface area contributed by atoms with Crippen molar-refractivity contribution in [2.75, 3.05) is 13.1 Å². The predicted molar refractivity (Wildman–Crippen MR) is 83.1 cm³/mol. The van der Waals surface area contributed by atoms with Gasteiger partial charge in [-0.2, -0.15) is 0 Å². The number of hydrogen-bond donors (Lipinski definition) is 2. The Morgan fingerprint density at radius 2 is 1.91 bits per heavy atom. The van der Waals surface area contributed by atoms with Gasteiger partial charge in [0.15, 0.2) is 0 Å². The zero-order valence-corrected chi connectivity index (χ0v) is 12.8. The van der Waals surface area contributed by atoms with Gasteiger partial charge in [-0.3, -0.25) is 9.59 Å². The van der Waals surface area contributed by atoms with Crippen LogP contribution in [0, 0.1) is 6.92 Å². The minimum absolute atomic E-state index is 0.0294. The maximum absolute atomic E-state index is 12.4. The van der Waals surface area contributed by atoms with Gasteiger partial charge in [-0.1, -0.05) is 24.3 Å². The van der Waals surface area contributed by atoms with Gasteiger partial charge in [-0.25, -0.2) is 0 Å². The van der Waals surface area contributed by atoms with Crippen LogP contribution in [0.5, 0.6) is 0 Å². The Kier molecular flexibility index (Phi) is 3.43. The monoisotopic (exact) mass is 300 g/mol. The summed E-state index contributed by atoms with van der Waals surface area (Å²) < 4.78 is 0. The summed E-state index contributed by atoms with van der Waals surface area (Å²) in [4.78, 5) is 25.6. The van der Waals surface area contributed by atoms with Gasteiger partial charge in [-0.05, 0) is 30.9 Å². The van der Waals surface area contributed by atoms with E-state index in [2.05, 4.69) is 5.32 Å². The van der Waals surface area contributed by atoms with E-state index in [1.807, 2.05) is 31.2 Å². The molecule has 2 aliphatic rings. The lowest BCUT2D eigenvalue weighted by atomic mass is 9.85. The van der Waals surface area contributed by atoms with E-state index in [0.29, 0.717) is 31.5 Å². The van der Waals surface area contributed by atoms with E-state index in [-0.39, 0.29) is 17.6 Å². The largest absolute Gasteiger partial charge is 0.509 e. The second-order valence-corrected chi connectivity index (χ2v) is 6.08. The number of nitrogens with zero attached hydrogens (tertiary/aromatic N) is 1. The van der Waals surface area contributed by atoms with Crippen LogP contribution >= 0.6 is 0 Å². The van der Waals surface area contributed by atoms with Crippen LogP contribution in [0.1, 0.15) is 30.9 Å². The molecule has 1 saturated heterocycles. The molecule has 2 aliphatic heterocycles. The van der Waals surface area contributed by atoms with E-state index >= 15 is 0 Å². The molecule has 0 radical (unpaired) electrons. The molecule has 2 N–H and O–H groups in total. The van der Waals surface area contributed by atoms with E-state index in [0.717, 1.165) is 11.1 Å². The molecule has 0 aliphatic carbocycles. The number of aryl methyl sites for hydroxylation is 1. The summed E-state index contributed by atoms with van der Waals surface area (Å²) in [6, 6.07) is 7.54. The first-order valence-electron chi connectivity index (χ1n) is 7.52.